The van der Waals surface area contributed by atoms with E-state index < -0.39 is 34.6 Å². The smallest absolute Gasteiger partial charge is 0.204 e. The first-order chi connectivity index (χ1) is 6.36. The summed E-state index contributed by atoms with van der Waals surface area (Å²) in [6, 6.07) is 0. The molecule has 92 valence electrons. The van der Waals surface area contributed by atoms with Crippen LogP contribution >= 0.6 is 0 Å². The minimum absolute atomic E-state index is 2.27. The lowest BCUT2D eigenvalue weighted by Crippen LogP contribution is -2.37. The van der Waals surface area contributed by atoms with Crippen LogP contribution in [0.15, 0.2) is 0 Å². The van der Waals surface area contributed by atoms with Crippen LogP contribution in [-0.2, 0) is 14.3 Å². The van der Waals surface area contributed by atoms with Gasteiger partial charge in [-0.3, -0.25) is 0 Å². The van der Waals surface area contributed by atoms with Crippen LogP contribution in [0.1, 0.15) is 0 Å². The van der Waals surface area contributed by atoms with Crippen LogP contribution < -0.4 is 0 Å². The summed E-state index contributed by atoms with van der Waals surface area (Å²) in [6.07, 6.45) is -10.1. The first-order valence-electron chi connectivity index (χ1n) is 3.02. The summed E-state index contributed by atoms with van der Waals surface area (Å²) in [5, 5.41) is 0. The number of rotatable bonds is 4. The fourth-order valence-electron chi connectivity index (χ4n) is 0.472. The maximum Gasteiger partial charge on any atom is 0.537 e. The van der Waals surface area contributed by atoms with Crippen molar-refractivity contribution in [2.45, 2.75) is 18.7 Å². The van der Waals surface area contributed by atoms with Gasteiger partial charge in [0.1, 0.15) is 5.75 Å². The van der Waals surface area contributed by atoms with Gasteiger partial charge in [0.25, 0.3) is 10.1 Å². The lowest BCUT2D eigenvalue weighted by Gasteiger charge is -2.15. The van der Waals surface area contributed by atoms with Gasteiger partial charge in [0, 0.05) is 0 Å². The van der Waals surface area contributed by atoms with Crippen molar-refractivity contribution in [3.8, 4) is 0 Å². The summed E-state index contributed by atoms with van der Waals surface area (Å²) in [4.78, 5) is 0. The summed E-state index contributed by atoms with van der Waals surface area (Å²) in [7, 11) is -5.80. The standard InChI is InChI=1S/C4H3F7O3S/c5-2(6)3(7,8)1-15(12,13)14-4(9,10)11/h2H,1H2. The van der Waals surface area contributed by atoms with Gasteiger partial charge in [-0.05, 0) is 0 Å². The third kappa shape index (κ3) is 5.77. The Bertz CT molecular complexity index is 305. The van der Waals surface area contributed by atoms with Crippen LogP contribution in [0.5, 0.6) is 0 Å². The second-order valence-corrected chi connectivity index (χ2v) is 3.86. The predicted octanol–water partition coefficient (Wildman–Crippen LogP) is 1.75. The van der Waals surface area contributed by atoms with E-state index in [9.17, 15) is 39.2 Å². The van der Waals surface area contributed by atoms with Crippen LogP contribution in [0.25, 0.3) is 0 Å². The van der Waals surface area contributed by atoms with Crippen LogP contribution in [0.3, 0.4) is 0 Å². The molecule has 0 rings (SSSR count). The maximum atomic E-state index is 12.0. The molecule has 11 heteroatoms. The van der Waals surface area contributed by atoms with Gasteiger partial charge in [0.2, 0.25) is 0 Å². The second kappa shape index (κ2) is 4.12. The molecule has 0 radical (unpaired) electrons. The summed E-state index contributed by atoms with van der Waals surface area (Å²) in [5.74, 6) is -7.83. The van der Waals surface area contributed by atoms with Crippen LogP contribution in [-0.4, -0.2) is 32.9 Å². The lowest BCUT2D eigenvalue weighted by molar-refractivity contribution is -0.272. The van der Waals surface area contributed by atoms with Gasteiger partial charge in [-0.15, -0.1) is 13.2 Å². The first-order valence-corrected chi connectivity index (χ1v) is 4.59. The van der Waals surface area contributed by atoms with Gasteiger partial charge in [0.15, 0.2) is 0 Å². The van der Waals surface area contributed by atoms with Gasteiger partial charge < -0.3 is 0 Å². The molecule has 0 fully saturated rings. The van der Waals surface area contributed by atoms with E-state index in [2.05, 4.69) is 4.18 Å². The highest BCUT2D eigenvalue weighted by Gasteiger charge is 2.48. The second-order valence-electron chi connectivity index (χ2n) is 2.29. The van der Waals surface area contributed by atoms with E-state index in [0.717, 1.165) is 0 Å². The Morgan fingerprint density at radius 1 is 1.07 bits per heavy atom. The molecule has 0 bridgehead atoms. The minimum Gasteiger partial charge on any atom is -0.204 e. The Morgan fingerprint density at radius 3 is 1.73 bits per heavy atom. The summed E-state index contributed by atoms with van der Waals surface area (Å²) in [5.41, 5.74) is 0. The molecule has 15 heavy (non-hydrogen) atoms. The first kappa shape index (κ1) is 14.4. The van der Waals surface area contributed by atoms with E-state index in [1.54, 1.807) is 0 Å². The highest BCUT2D eigenvalue weighted by Crippen LogP contribution is 2.28. The Hall–Kier alpha value is -0.580. The van der Waals surface area contributed by atoms with Crippen molar-refractivity contribution in [2.75, 3.05) is 5.75 Å². The molecule has 0 saturated heterocycles. The average Bonchev–Trinajstić information content (AvgIpc) is 1.75. The Kier molecular flexibility index (Phi) is 3.96. The molecule has 0 aromatic heterocycles. The van der Waals surface area contributed by atoms with Gasteiger partial charge in [-0.1, -0.05) is 0 Å². The third-order valence-electron chi connectivity index (χ3n) is 0.910. The zero-order valence-corrected chi connectivity index (χ0v) is 7.38. The van der Waals surface area contributed by atoms with Crippen molar-refractivity contribution in [1.29, 1.82) is 0 Å². The molecule has 0 amide bonds. The number of hydrogen-bond donors (Lipinski definition) is 0. The fraction of sp³-hybridized carbons (Fsp3) is 1.00. The van der Waals surface area contributed by atoms with Crippen LogP contribution in [0.4, 0.5) is 30.7 Å². The van der Waals surface area contributed by atoms with Crippen molar-refractivity contribution in [3.63, 3.8) is 0 Å². The molecule has 0 spiro atoms. The molecule has 0 aliphatic rings. The van der Waals surface area contributed by atoms with Gasteiger partial charge in [0.05, 0.1) is 0 Å². The van der Waals surface area contributed by atoms with E-state index in [1.165, 1.54) is 0 Å². The lowest BCUT2D eigenvalue weighted by atomic mass is 10.4. The highest BCUT2D eigenvalue weighted by molar-refractivity contribution is 7.86. The molecule has 0 atom stereocenters. The van der Waals surface area contributed by atoms with Crippen LogP contribution in [0.2, 0.25) is 0 Å². The molecule has 0 unspecified atom stereocenters. The minimum atomic E-state index is -5.80. The molecule has 0 N–H and O–H groups in total. The largest absolute Gasteiger partial charge is 0.537 e. The number of hydrogen-bond acceptors (Lipinski definition) is 3. The van der Waals surface area contributed by atoms with E-state index in [4.69, 9.17) is 0 Å². The zero-order valence-electron chi connectivity index (χ0n) is 6.56. The third-order valence-corrected chi connectivity index (χ3v) is 2.09. The predicted molar refractivity (Wildman–Crippen MR) is 31.9 cm³/mol. The summed E-state index contributed by atoms with van der Waals surface area (Å²) < 4.78 is 104. The molecular weight excluding hydrogens is 261 g/mol. The molecule has 3 nitrogen and oxygen atoms in total. The Morgan fingerprint density at radius 2 is 1.47 bits per heavy atom. The van der Waals surface area contributed by atoms with Crippen molar-refractivity contribution in [2.24, 2.45) is 0 Å². The summed E-state index contributed by atoms with van der Waals surface area (Å²) >= 11 is 0. The molecule has 0 aromatic carbocycles. The molecule has 0 saturated carbocycles. The SMILES string of the molecule is O=S(=O)(CC(F)(F)C(F)F)OC(F)(F)F. The van der Waals surface area contributed by atoms with Crippen LogP contribution in [0, 0.1) is 0 Å². The van der Waals surface area contributed by atoms with Crippen molar-refractivity contribution >= 4 is 10.1 Å². The number of halogens is 7. The maximum absolute atomic E-state index is 12.0. The summed E-state index contributed by atoms with van der Waals surface area (Å²) in [6.45, 7) is 0. The monoisotopic (exact) mass is 264 g/mol. The van der Waals surface area contributed by atoms with Gasteiger partial charge in [-0.2, -0.15) is 21.4 Å². The Labute approximate surface area is 78.9 Å². The van der Waals surface area contributed by atoms with Gasteiger partial charge >= 0.3 is 18.7 Å². The number of alkyl halides is 7. The normalized spacial score (nSPS) is 14.7. The van der Waals surface area contributed by atoms with E-state index in [-0.39, 0.29) is 0 Å². The zero-order chi connectivity index (χ0) is 12.5. The molecule has 0 aliphatic carbocycles. The van der Waals surface area contributed by atoms with Crippen molar-refractivity contribution in [1.82, 2.24) is 0 Å². The van der Waals surface area contributed by atoms with E-state index >= 15 is 0 Å². The molecule has 0 aromatic rings. The highest BCUT2D eigenvalue weighted by atomic mass is 32.2. The molecular formula is C4H3F7O3S. The van der Waals surface area contributed by atoms with Gasteiger partial charge in [-0.25, -0.2) is 8.78 Å². The average molecular weight is 264 g/mol. The molecule has 0 heterocycles. The quantitative estimate of drug-likeness (QED) is 0.574. The topological polar surface area (TPSA) is 43.4 Å². The van der Waals surface area contributed by atoms with Crippen molar-refractivity contribution < 1.29 is 43.3 Å². The fourth-order valence-corrected chi connectivity index (χ4v) is 1.42. The van der Waals surface area contributed by atoms with E-state index in [1.807, 2.05) is 0 Å². The molecule has 0 aliphatic heterocycles. The van der Waals surface area contributed by atoms with E-state index in [0.29, 0.717) is 0 Å². The Balaban J connectivity index is 4.67. The van der Waals surface area contributed by atoms with Crippen molar-refractivity contribution in [3.05, 3.63) is 0 Å².